The van der Waals surface area contributed by atoms with Crippen LogP contribution in [0.1, 0.15) is 63.3 Å². The average molecular weight is 349 g/mol. The molecule has 0 N–H and O–H groups in total. The fourth-order valence-electron chi connectivity index (χ4n) is 2.30. The van der Waals surface area contributed by atoms with Crippen LogP contribution in [0, 0.1) is 13.8 Å². The second kappa shape index (κ2) is 13.9. The Labute approximate surface area is 162 Å². The molecule has 0 aliphatic rings. The molecule has 0 heteroatoms. The van der Waals surface area contributed by atoms with Gasteiger partial charge in [0.2, 0.25) is 0 Å². The SMILES string of the molecule is C=C(/C=C\C(=CCC)c1ccc(C)cc1)c1ccc(C)cc1.CC.CC. The monoisotopic (exact) mass is 348 g/mol. The van der Waals surface area contributed by atoms with Crippen molar-refractivity contribution >= 4 is 11.1 Å². The molecule has 0 heterocycles. The van der Waals surface area contributed by atoms with Crippen molar-refractivity contribution < 1.29 is 0 Å². The van der Waals surface area contributed by atoms with Gasteiger partial charge in [-0.1, -0.05) is 119 Å². The van der Waals surface area contributed by atoms with Gasteiger partial charge in [-0.25, -0.2) is 0 Å². The lowest BCUT2D eigenvalue weighted by molar-refractivity contribution is 1.23. The summed E-state index contributed by atoms with van der Waals surface area (Å²) in [4.78, 5) is 0. The van der Waals surface area contributed by atoms with Gasteiger partial charge in [-0.3, -0.25) is 0 Å². The fourth-order valence-corrected chi connectivity index (χ4v) is 2.30. The first-order valence-corrected chi connectivity index (χ1v) is 9.81. The molecule has 0 aliphatic heterocycles. The van der Waals surface area contributed by atoms with Gasteiger partial charge in [-0.15, -0.1) is 0 Å². The number of hydrogen-bond acceptors (Lipinski definition) is 0. The van der Waals surface area contributed by atoms with Crippen molar-refractivity contribution in [3.05, 3.63) is 95.6 Å². The van der Waals surface area contributed by atoms with Gasteiger partial charge in [-0.05, 0) is 42.5 Å². The molecule has 0 aromatic heterocycles. The maximum atomic E-state index is 4.18. The molecule has 0 fully saturated rings. The third-order valence-corrected chi connectivity index (χ3v) is 3.70. The Morgan fingerprint density at radius 2 is 1.15 bits per heavy atom. The highest BCUT2D eigenvalue weighted by Gasteiger charge is 1.99. The molecular formula is C26H36. The first kappa shape index (κ1) is 23.7. The van der Waals surface area contributed by atoms with Crippen molar-refractivity contribution in [2.45, 2.75) is 54.9 Å². The Morgan fingerprint density at radius 1 is 0.731 bits per heavy atom. The van der Waals surface area contributed by atoms with E-state index < -0.39 is 0 Å². The van der Waals surface area contributed by atoms with Crippen LogP contribution >= 0.6 is 0 Å². The van der Waals surface area contributed by atoms with Gasteiger partial charge in [0, 0.05) is 0 Å². The van der Waals surface area contributed by atoms with Crippen molar-refractivity contribution in [2.75, 3.05) is 0 Å². The van der Waals surface area contributed by atoms with Crippen LogP contribution in [0.3, 0.4) is 0 Å². The van der Waals surface area contributed by atoms with E-state index >= 15 is 0 Å². The summed E-state index contributed by atoms with van der Waals surface area (Å²) >= 11 is 0. The summed E-state index contributed by atoms with van der Waals surface area (Å²) in [6.07, 6.45) is 7.54. The van der Waals surface area contributed by atoms with Crippen molar-refractivity contribution in [3.8, 4) is 0 Å². The molecule has 0 aliphatic carbocycles. The molecule has 0 amide bonds. The summed E-state index contributed by atoms with van der Waals surface area (Å²) in [6, 6.07) is 17.1. The van der Waals surface area contributed by atoms with E-state index in [1.165, 1.54) is 27.8 Å². The van der Waals surface area contributed by atoms with Crippen LogP contribution < -0.4 is 0 Å². The van der Waals surface area contributed by atoms with Crippen molar-refractivity contribution in [2.24, 2.45) is 0 Å². The molecule has 2 rings (SSSR count). The largest absolute Gasteiger partial charge is 0.0912 e. The van der Waals surface area contributed by atoms with E-state index in [9.17, 15) is 0 Å². The van der Waals surface area contributed by atoms with Gasteiger partial charge in [0.05, 0.1) is 0 Å². The lowest BCUT2D eigenvalue weighted by Gasteiger charge is -2.05. The number of hydrogen-bond donors (Lipinski definition) is 0. The van der Waals surface area contributed by atoms with Crippen molar-refractivity contribution in [1.29, 1.82) is 0 Å². The number of aryl methyl sites for hydroxylation is 2. The molecule has 0 saturated carbocycles. The maximum absolute atomic E-state index is 4.18. The summed E-state index contributed by atoms with van der Waals surface area (Å²) in [5.41, 5.74) is 7.26. The summed E-state index contributed by atoms with van der Waals surface area (Å²) in [5, 5.41) is 0. The molecule has 0 spiro atoms. The van der Waals surface area contributed by atoms with Crippen LogP contribution in [0.2, 0.25) is 0 Å². The molecule has 0 radical (unpaired) electrons. The summed E-state index contributed by atoms with van der Waals surface area (Å²) in [5.74, 6) is 0. The normalized spacial score (nSPS) is 10.5. The highest BCUT2D eigenvalue weighted by molar-refractivity contribution is 5.80. The van der Waals surface area contributed by atoms with E-state index in [2.05, 4.69) is 94.1 Å². The van der Waals surface area contributed by atoms with Crippen LogP contribution in [0.15, 0.2) is 73.3 Å². The second-order valence-electron chi connectivity index (χ2n) is 5.66. The van der Waals surface area contributed by atoms with E-state index in [4.69, 9.17) is 0 Å². The fraction of sp³-hybridized carbons (Fsp3) is 0.308. The summed E-state index contributed by atoms with van der Waals surface area (Å²) < 4.78 is 0. The smallest absolute Gasteiger partial charge is 0.0187 e. The number of benzene rings is 2. The van der Waals surface area contributed by atoms with Crippen molar-refractivity contribution in [1.82, 2.24) is 0 Å². The van der Waals surface area contributed by atoms with Crippen LogP contribution in [-0.4, -0.2) is 0 Å². The van der Waals surface area contributed by atoms with Gasteiger partial charge in [0.25, 0.3) is 0 Å². The van der Waals surface area contributed by atoms with Gasteiger partial charge >= 0.3 is 0 Å². The van der Waals surface area contributed by atoms with E-state index in [-0.39, 0.29) is 0 Å². The standard InChI is InChI=1S/C22H24.2C2H6/c1-5-6-21(22-14-9-18(3)10-15-22)16-11-19(4)20-12-7-17(2)8-13-20;2*1-2/h6-16H,4-5H2,1-3H3;2*1-2H3/b16-11-,21-6?;;. The lowest BCUT2D eigenvalue weighted by Crippen LogP contribution is -1.84. The minimum atomic E-state index is 1.02. The zero-order valence-corrected chi connectivity index (χ0v) is 17.8. The van der Waals surface area contributed by atoms with Crippen LogP contribution in [0.5, 0.6) is 0 Å². The number of allylic oxidation sites excluding steroid dienone is 5. The third kappa shape index (κ3) is 8.16. The molecule has 0 unspecified atom stereocenters. The number of rotatable bonds is 5. The van der Waals surface area contributed by atoms with E-state index in [1.54, 1.807) is 0 Å². The summed E-state index contributed by atoms with van der Waals surface area (Å²) in [7, 11) is 0. The van der Waals surface area contributed by atoms with Gasteiger partial charge in [0.15, 0.2) is 0 Å². The second-order valence-corrected chi connectivity index (χ2v) is 5.66. The Bertz CT molecular complexity index is 680. The van der Waals surface area contributed by atoms with E-state index in [1.807, 2.05) is 27.7 Å². The van der Waals surface area contributed by atoms with Gasteiger partial charge in [-0.2, -0.15) is 0 Å². The Morgan fingerprint density at radius 3 is 1.58 bits per heavy atom. The molecule has 0 bridgehead atoms. The predicted octanol–water partition coefficient (Wildman–Crippen LogP) is 8.42. The predicted molar refractivity (Wildman–Crippen MR) is 121 cm³/mol. The lowest BCUT2D eigenvalue weighted by atomic mass is 10.00. The molecule has 2 aromatic carbocycles. The molecule has 2 aromatic rings. The Kier molecular flexibility index (Phi) is 12.6. The van der Waals surface area contributed by atoms with Crippen LogP contribution in [0.25, 0.3) is 11.1 Å². The Balaban J connectivity index is 0.00000146. The Hall–Kier alpha value is -2.34. The maximum Gasteiger partial charge on any atom is -0.0187 e. The van der Waals surface area contributed by atoms with Gasteiger partial charge < -0.3 is 0 Å². The average Bonchev–Trinajstić information content (AvgIpc) is 2.69. The molecule has 0 nitrogen and oxygen atoms in total. The summed E-state index contributed by atoms with van der Waals surface area (Å²) in [6.45, 7) is 18.6. The zero-order valence-electron chi connectivity index (χ0n) is 17.8. The molecule has 0 saturated heterocycles. The van der Waals surface area contributed by atoms with E-state index in [0.29, 0.717) is 0 Å². The molecule has 26 heavy (non-hydrogen) atoms. The third-order valence-electron chi connectivity index (χ3n) is 3.70. The molecule has 140 valence electrons. The van der Waals surface area contributed by atoms with Crippen LogP contribution in [0.4, 0.5) is 0 Å². The minimum absolute atomic E-state index is 1.02. The highest BCUT2D eigenvalue weighted by atomic mass is 14.0. The van der Waals surface area contributed by atoms with E-state index in [0.717, 1.165) is 12.0 Å². The minimum Gasteiger partial charge on any atom is -0.0912 e. The first-order chi connectivity index (χ1) is 12.6. The highest BCUT2D eigenvalue weighted by Crippen LogP contribution is 2.21. The molecular weight excluding hydrogens is 312 g/mol. The van der Waals surface area contributed by atoms with Crippen molar-refractivity contribution in [3.63, 3.8) is 0 Å². The first-order valence-electron chi connectivity index (χ1n) is 9.81. The van der Waals surface area contributed by atoms with Gasteiger partial charge in [0.1, 0.15) is 0 Å². The zero-order chi connectivity index (χ0) is 19.9. The quantitative estimate of drug-likeness (QED) is 0.476. The topological polar surface area (TPSA) is 0 Å². The van der Waals surface area contributed by atoms with Crippen LogP contribution in [-0.2, 0) is 0 Å². The molecule has 0 atom stereocenters.